The van der Waals surface area contributed by atoms with Crippen molar-refractivity contribution in [1.29, 1.82) is 0 Å². The Labute approximate surface area is 140 Å². The quantitative estimate of drug-likeness (QED) is 0.534. The average molecular weight is 323 g/mol. The first-order valence-corrected chi connectivity index (χ1v) is 9.46. The largest absolute Gasteiger partial charge is 0.447 e. The molecule has 0 N–H and O–H groups in total. The van der Waals surface area contributed by atoms with Crippen molar-refractivity contribution in [2.24, 2.45) is 0 Å². The van der Waals surface area contributed by atoms with Crippen molar-refractivity contribution in [3.8, 4) is 0 Å². The van der Waals surface area contributed by atoms with Gasteiger partial charge in [0.2, 0.25) is 0 Å². The molecule has 1 spiro atoms. The number of nitrogens with zero attached hydrogens (tertiary/aromatic N) is 1. The SMILES string of the molecule is Cc1ccccc1N1[C@@H](C)c2c(oc3sccc23)C12CCCC2. The normalized spacial score (nSPS) is 22.3. The van der Waals surface area contributed by atoms with Gasteiger partial charge in [-0.15, -0.1) is 11.3 Å². The molecule has 1 aromatic carbocycles. The number of fused-ring (bicyclic) bond motifs is 4. The van der Waals surface area contributed by atoms with E-state index < -0.39 is 0 Å². The molecule has 23 heavy (non-hydrogen) atoms. The van der Waals surface area contributed by atoms with E-state index in [1.165, 1.54) is 53.6 Å². The van der Waals surface area contributed by atoms with Gasteiger partial charge in [-0.25, -0.2) is 0 Å². The first-order chi connectivity index (χ1) is 11.2. The molecule has 3 aromatic rings. The molecular weight excluding hydrogens is 302 g/mol. The maximum atomic E-state index is 6.43. The van der Waals surface area contributed by atoms with E-state index in [2.05, 4.69) is 54.5 Å². The second-order valence-electron chi connectivity index (χ2n) is 7.04. The van der Waals surface area contributed by atoms with Gasteiger partial charge in [0, 0.05) is 16.6 Å². The standard InChI is InChI=1S/C20H21NOS/c1-13-7-3-4-8-16(13)21-14(2)17-15-9-12-23-19(15)22-18(17)20(21)10-5-6-11-20/h3-4,7-9,12,14H,5-6,10-11H2,1-2H3/t14-/m0/s1. The molecular formula is C20H21NOS. The lowest BCUT2D eigenvalue weighted by Gasteiger charge is -2.40. The molecule has 1 aliphatic carbocycles. The van der Waals surface area contributed by atoms with Crippen molar-refractivity contribution < 1.29 is 4.42 Å². The molecule has 1 fully saturated rings. The first-order valence-electron chi connectivity index (χ1n) is 8.58. The second kappa shape index (κ2) is 4.64. The summed E-state index contributed by atoms with van der Waals surface area (Å²) < 4.78 is 6.43. The van der Waals surface area contributed by atoms with Crippen molar-refractivity contribution in [3.05, 3.63) is 52.6 Å². The van der Waals surface area contributed by atoms with Crippen molar-refractivity contribution >= 4 is 27.3 Å². The zero-order valence-corrected chi connectivity index (χ0v) is 14.5. The van der Waals surface area contributed by atoms with Crippen LogP contribution in [-0.4, -0.2) is 0 Å². The number of hydrogen-bond acceptors (Lipinski definition) is 3. The molecule has 1 atom stereocenters. The second-order valence-corrected chi connectivity index (χ2v) is 7.92. The summed E-state index contributed by atoms with van der Waals surface area (Å²) in [6.45, 7) is 4.58. The lowest BCUT2D eigenvalue weighted by atomic mass is 9.93. The Morgan fingerprint density at radius 2 is 1.96 bits per heavy atom. The number of thiophene rings is 1. The van der Waals surface area contributed by atoms with E-state index in [0.717, 1.165) is 4.90 Å². The zero-order valence-electron chi connectivity index (χ0n) is 13.6. The summed E-state index contributed by atoms with van der Waals surface area (Å²) in [4.78, 5) is 3.78. The Hall–Kier alpha value is -1.74. The average Bonchev–Trinajstić information content (AvgIpc) is 3.26. The number of anilines is 1. The highest BCUT2D eigenvalue weighted by molar-refractivity contribution is 7.16. The van der Waals surface area contributed by atoms with Crippen LogP contribution in [0.15, 0.2) is 40.1 Å². The molecule has 118 valence electrons. The number of benzene rings is 1. The highest BCUT2D eigenvalue weighted by Crippen LogP contribution is 2.59. The van der Waals surface area contributed by atoms with Crippen molar-refractivity contribution in [1.82, 2.24) is 0 Å². The Morgan fingerprint density at radius 3 is 2.74 bits per heavy atom. The summed E-state index contributed by atoms with van der Waals surface area (Å²) in [6.07, 6.45) is 5.00. The molecule has 2 aliphatic rings. The Bertz CT molecular complexity index is 884. The fourth-order valence-corrected chi connectivity index (χ4v) is 5.68. The predicted molar refractivity (Wildman–Crippen MR) is 96.3 cm³/mol. The smallest absolute Gasteiger partial charge is 0.188 e. The third kappa shape index (κ3) is 1.64. The summed E-state index contributed by atoms with van der Waals surface area (Å²) in [6, 6.07) is 11.4. The van der Waals surface area contributed by atoms with Crippen LogP contribution >= 0.6 is 11.3 Å². The van der Waals surface area contributed by atoms with Gasteiger partial charge in [0.05, 0.1) is 11.6 Å². The number of hydrogen-bond donors (Lipinski definition) is 0. The number of para-hydroxylation sites is 1. The third-order valence-electron chi connectivity index (χ3n) is 5.85. The highest BCUT2D eigenvalue weighted by atomic mass is 32.1. The van der Waals surface area contributed by atoms with E-state index in [1.807, 2.05) is 0 Å². The van der Waals surface area contributed by atoms with Gasteiger partial charge in [0.25, 0.3) is 0 Å². The van der Waals surface area contributed by atoms with Gasteiger partial charge in [-0.1, -0.05) is 31.0 Å². The van der Waals surface area contributed by atoms with E-state index in [9.17, 15) is 0 Å². The van der Waals surface area contributed by atoms with Gasteiger partial charge >= 0.3 is 0 Å². The Morgan fingerprint density at radius 1 is 1.17 bits per heavy atom. The fraction of sp³-hybridized carbons (Fsp3) is 0.400. The van der Waals surface area contributed by atoms with Crippen molar-refractivity contribution in [2.75, 3.05) is 4.90 Å². The van der Waals surface area contributed by atoms with Gasteiger partial charge in [-0.2, -0.15) is 0 Å². The summed E-state index contributed by atoms with van der Waals surface area (Å²) in [7, 11) is 0. The van der Waals surface area contributed by atoms with E-state index >= 15 is 0 Å². The number of rotatable bonds is 1. The monoisotopic (exact) mass is 323 g/mol. The molecule has 3 heterocycles. The molecule has 5 rings (SSSR count). The predicted octanol–water partition coefficient (Wildman–Crippen LogP) is 6.15. The van der Waals surface area contributed by atoms with Crippen LogP contribution in [0.2, 0.25) is 0 Å². The summed E-state index contributed by atoms with van der Waals surface area (Å²) in [5, 5.41) is 3.48. The van der Waals surface area contributed by atoms with Crippen LogP contribution in [0.1, 0.15) is 55.5 Å². The van der Waals surface area contributed by atoms with Crippen LogP contribution in [0.3, 0.4) is 0 Å². The lowest BCUT2D eigenvalue weighted by Crippen LogP contribution is -2.40. The highest BCUT2D eigenvalue weighted by Gasteiger charge is 2.54. The molecule has 0 saturated heterocycles. The fourth-order valence-electron chi connectivity index (χ4n) is 4.91. The summed E-state index contributed by atoms with van der Waals surface area (Å²) >= 11 is 1.73. The molecule has 3 heteroatoms. The van der Waals surface area contributed by atoms with Crippen LogP contribution < -0.4 is 4.90 Å². The molecule has 0 bridgehead atoms. The number of aryl methyl sites for hydroxylation is 1. The minimum Gasteiger partial charge on any atom is -0.447 e. The van der Waals surface area contributed by atoms with Crippen LogP contribution in [0, 0.1) is 6.92 Å². The zero-order chi connectivity index (χ0) is 15.6. The van der Waals surface area contributed by atoms with E-state index in [0.29, 0.717) is 6.04 Å². The Balaban J connectivity index is 1.78. The Kier molecular flexibility index (Phi) is 2.76. The van der Waals surface area contributed by atoms with E-state index in [4.69, 9.17) is 4.42 Å². The van der Waals surface area contributed by atoms with Crippen LogP contribution in [0.5, 0.6) is 0 Å². The van der Waals surface area contributed by atoms with Crippen molar-refractivity contribution in [2.45, 2.75) is 51.1 Å². The molecule has 0 amide bonds. The summed E-state index contributed by atoms with van der Waals surface area (Å²) in [5.74, 6) is 1.26. The van der Waals surface area contributed by atoms with Crippen molar-refractivity contribution in [3.63, 3.8) is 0 Å². The minimum absolute atomic E-state index is 0.0691. The van der Waals surface area contributed by atoms with Crippen LogP contribution in [0.4, 0.5) is 5.69 Å². The minimum atomic E-state index is 0.0691. The topological polar surface area (TPSA) is 16.4 Å². The molecule has 0 radical (unpaired) electrons. The molecule has 1 saturated carbocycles. The summed E-state index contributed by atoms with van der Waals surface area (Å²) in [5.41, 5.74) is 4.24. The van der Waals surface area contributed by atoms with Crippen LogP contribution in [0.25, 0.3) is 10.3 Å². The first kappa shape index (κ1) is 13.7. The molecule has 1 aliphatic heterocycles. The molecule has 0 unspecified atom stereocenters. The molecule has 2 aromatic heterocycles. The third-order valence-corrected chi connectivity index (χ3v) is 6.64. The van der Waals surface area contributed by atoms with Crippen LogP contribution in [-0.2, 0) is 5.54 Å². The van der Waals surface area contributed by atoms with E-state index in [1.54, 1.807) is 11.3 Å². The van der Waals surface area contributed by atoms with Gasteiger partial charge in [0.1, 0.15) is 5.76 Å². The lowest BCUT2D eigenvalue weighted by molar-refractivity contribution is 0.349. The van der Waals surface area contributed by atoms with Gasteiger partial charge in [-0.05, 0) is 49.8 Å². The maximum Gasteiger partial charge on any atom is 0.188 e. The van der Waals surface area contributed by atoms with Gasteiger partial charge < -0.3 is 9.32 Å². The maximum absolute atomic E-state index is 6.43. The van der Waals surface area contributed by atoms with Gasteiger partial charge in [-0.3, -0.25) is 0 Å². The van der Waals surface area contributed by atoms with E-state index in [-0.39, 0.29) is 5.54 Å². The van der Waals surface area contributed by atoms with Gasteiger partial charge in [0.15, 0.2) is 4.90 Å². The molecule has 2 nitrogen and oxygen atoms in total. The number of furan rings is 1.